The van der Waals surface area contributed by atoms with E-state index in [1.165, 1.54) is 55.4 Å². The van der Waals surface area contributed by atoms with E-state index < -0.39 is 0 Å². The molecule has 0 spiro atoms. The number of hydrogen-bond donors (Lipinski definition) is 0. The quantitative estimate of drug-likeness (QED) is 0.269. The van der Waals surface area contributed by atoms with Crippen LogP contribution in [0.15, 0.2) is 60.7 Å². The average molecular weight is 324 g/mol. The van der Waals surface area contributed by atoms with E-state index in [1.54, 1.807) is 0 Å². The molecule has 0 N–H and O–H groups in total. The predicted molar refractivity (Wildman–Crippen MR) is 112 cm³/mol. The van der Waals surface area contributed by atoms with Gasteiger partial charge in [-0.05, 0) is 75.8 Å². The van der Waals surface area contributed by atoms with Crippen LogP contribution in [0.5, 0.6) is 0 Å². The lowest BCUT2D eigenvalue weighted by Crippen LogP contribution is -1.87. The van der Waals surface area contributed by atoms with E-state index in [0.29, 0.717) is 0 Å². The molecule has 0 aliphatic carbocycles. The molecule has 0 saturated carbocycles. The van der Waals surface area contributed by atoms with Crippen molar-refractivity contribution in [2.45, 2.75) is 33.6 Å². The Balaban J connectivity index is 2.03. The van der Waals surface area contributed by atoms with Crippen molar-refractivity contribution in [3.8, 4) is 0 Å². The van der Waals surface area contributed by atoms with Gasteiger partial charge in [0, 0.05) is 0 Å². The molecule has 0 nitrogen and oxygen atoms in total. The van der Waals surface area contributed by atoms with Gasteiger partial charge in [-0.15, -0.1) is 0 Å². The molecule has 0 aromatic heterocycles. The van der Waals surface area contributed by atoms with Crippen LogP contribution in [0.4, 0.5) is 0 Å². The number of allylic oxidation sites excluding steroid dienone is 1. The summed E-state index contributed by atoms with van der Waals surface area (Å²) in [6.07, 6.45) is 6.93. The first-order valence-electron chi connectivity index (χ1n) is 9.20. The molecule has 0 fully saturated rings. The summed E-state index contributed by atoms with van der Waals surface area (Å²) in [5, 5.41) is 8.00. The standard InChI is InChI=1S/C25H24/c1-4-5-6-7-22-18(3)9-12-24-23(22)13-11-20-15-19-10-8-17(2)14-21(19)16-25(20)24/h6-16H,4-5H2,1-3H3/b7-6-. The smallest absolute Gasteiger partial charge is 0.00988 e. The lowest BCUT2D eigenvalue weighted by atomic mass is 9.93. The van der Waals surface area contributed by atoms with Crippen LogP contribution in [0.2, 0.25) is 0 Å². The van der Waals surface area contributed by atoms with Gasteiger partial charge in [0.2, 0.25) is 0 Å². The molecule has 0 aliphatic rings. The molecule has 4 rings (SSSR count). The highest BCUT2D eigenvalue weighted by molar-refractivity contribution is 6.14. The van der Waals surface area contributed by atoms with Crippen molar-refractivity contribution in [3.63, 3.8) is 0 Å². The second kappa shape index (κ2) is 6.37. The van der Waals surface area contributed by atoms with Gasteiger partial charge in [0.15, 0.2) is 0 Å². The maximum absolute atomic E-state index is 2.36. The van der Waals surface area contributed by atoms with E-state index in [-0.39, 0.29) is 0 Å². The normalized spacial score (nSPS) is 12.0. The van der Waals surface area contributed by atoms with Crippen molar-refractivity contribution in [1.82, 2.24) is 0 Å². The highest BCUT2D eigenvalue weighted by Gasteiger charge is 2.07. The van der Waals surface area contributed by atoms with Crippen LogP contribution < -0.4 is 0 Å². The molecule has 4 aromatic rings. The van der Waals surface area contributed by atoms with Gasteiger partial charge in [-0.25, -0.2) is 0 Å². The van der Waals surface area contributed by atoms with Gasteiger partial charge in [-0.2, -0.15) is 0 Å². The second-order valence-electron chi connectivity index (χ2n) is 7.07. The van der Waals surface area contributed by atoms with E-state index in [9.17, 15) is 0 Å². The molecule has 25 heavy (non-hydrogen) atoms. The summed E-state index contributed by atoms with van der Waals surface area (Å²) in [5.74, 6) is 0. The molecule has 0 bridgehead atoms. The minimum absolute atomic E-state index is 1.13. The van der Waals surface area contributed by atoms with Crippen molar-refractivity contribution in [3.05, 3.63) is 77.4 Å². The lowest BCUT2D eigenvalue weighted by molar-refractivity contribution is 0.962. The van der Waals surface area contributed by atoms with Crippen molar-refractivity contribution in [2.24, 2.45) is 0 Å². The van der Waals surface area contributed by atoms with E-state index in [1.807, 2.05) is 0 Å². The first-order chi connectivity index (χ1) is 12.2. The van der Waals surface area contributed by atoms with Gasteiger partial charge in [0.25, 0.3) is 0 Å². The monoisotopic (exact) mass is 324 g/mol. The van der Waals surface area contributed by atoms with Gasteiger partial charge >= 0.3 is 0 Å². The molecule has 4 aromatic carbocycles. The Morgan fingerprint density at radius 3 is 2.36 bits per heavy atom. The zero-order valence-electron chi connectivity index (χ0n) is 15.3. The van der Waals surface area contributed by atoms with E-state index in [2.05, 4.69) is 87.5 Å². The summed E-state index contributed by atoms with van der Waals surface area (Å²) in [4.78, 5) is 0. The predicted octanol–water partition coefficient (Wildman–Crippen LogP) is 7.58. The average Bonchev–Trinajstić information content (AvgIpc) is 2.61. The molecule has 0 saturated heterocycles. The Kier molecular flexibility index (Phi) is 4.05. The van der Waals surface area contributed by atoms with Gasteiger partial charge in [0.05, 0.1) is 0 Å². The number of rotatable bonds is 3. The number of hydrogen-bond acceptors (Lipinski definition) is 0. The number of aryl methyl sites for hydroxylation is 2. The SMILES string of the molecule is CCC/C=C\c1c(C)ccc2c1ccc1cc3ccc(C)cc3cc12. The third-order valence-corrected chi connectivity index (χ3v) is 5.13. The third kappa shape index (κ3) is 2.82. The van der Waals surface area contributed by atoms with Crippen LogP contribution in [0.3, 0.4) is 0 Å². The lowest BCUT2D eigenvalue weighted by Gasteiger charge is -2.11. The maximum atomic E-state index is 2.36. The zero-order valence-corrected chi connectivity index (χ0v) is 15.3. The molecular formula is C25H24. The molecular weight excluding hydrogens is 300 g/mol. The Labute approximate surface area is 149 Å². The maximum Gasteiger partial charge on any atom is -0.00988 e. The van der Waals surface area contributed by atoms with Gasteiger partial charge in [-0.1, -0.05) is 73.5 Å². The molecule has 0 atom stereocenters. The summed E-state index contributed by atoms with van der Waals surface area (Å²) >= 11 is 0. The van der Waals surface area contributed by atoms with Crippen molar-refractivity contribution >= 4 is 38.4 Å². The van der Waals surface area contributed by atoms with Gasteiger partial charge in [0.1, 0.15) is 0 Å². The van der Waals surface area contributed by atoms with Crippen LogP contribution in [-0.2, 0) is 0 Å². The highest BCUT2D eigenvalue weighted by atomic mass is 14.1. The Hall–Kier alpha value is -2.60. The molecule has 0 heteroatoms. The summed E-state index contributed by atoms with van der Waals surface area (Å²) in [6.45, 7) is 6.59. The largest absolute Gasteiger partial charge is 0.0839 e. The Morgan fingerprint density at radius 2 is 1.52 bits per heavy atom. The molecule has 0 radical (unpaired) electrons. The van der Waals surface area contributed by atoms with E-state index in [4.69, 9.17) is 0 Å². The van der Waals surface area contributed by atoms with Gasteiger partial charge < -0.3 is 0 Å². The highest BCUT2D eigenvalue weighted by Crippen LogP contribution is 2.33. The Morgan fingerprint density at radius 1 is 0.720 bits per heavy atom. The van der Waals surface area contributed by atoms with Gasteiger partial charge in [-0.3, -0.25) is 0 Å². The minimum atomic E-state index is 1.13. The van der Waals surface area contributed by atoms with Crippen LogP contribution in [0.25, 0.3) is 38.4 Å². The van der Waals surface area contributed by atoms with Crippen molar-refractivity contribution in [2.75, 3.05) is 0 Å². The fraction of sp³-hybridized carbons (Fsp3) is 0.200. The molecule has 0 heterocycles. The molecule has 124 valence electrons. The number of unbranched alkanes of at least 4 members (excludes halogenated alkanes) is 1. The van der Waals surface area contributed by atoms with Crippen LogP contribution in [-0.4, -0.2) is 0 Å². The minimum Gasteiger partial charge on any atom is -0.0839 e. The molecule has 0 amide bonds. The van der Waals surface area contributed by atoms with Crippen molar-refractivity contribution in [1.29, 1.82) is 0 Å². The fourth-order valence-corrected chi connectivity index (χ4v) is 3.73. The first kappa shape index (κ1) is 15.9. The molecule has 0 aliphatic heterocycles. The Bertz CT molecular complexity index is 1110. The summed E-state index contributed by atoms with van der Waals surface area (Å²) in [7, 11) is 0. The summed E-state index contributed by atoms with van der Waals surface area (Å²) < 4.78 is 0. The van der Waals surface area contributed by atoms with E-state index >= 15 is 0 Å². The van der Waals surface area contributed by atoms with Crippen LogP contribution >= 0.6 is 0 Å². The summed E-state index contributed by atoms with van der Waals surface area (Å²) in [6, 6.07) is 20.5. The fourth-order valence-electron chi connectivity index (χ4n) is 3.73. The first-order valence-corrected chi connectivity index (χ1v) is 9.20. The van der Waals surface area contributed by atoms with Crippen molar-refractivity contribution < 1.29 is 0 Å². The number of fused-ring (bicyclic) bond motifs is 4. The number of benzene rings is 4. The second-order valence-corrected chi connectivity index (χ2v) is 7.07. The van der Waals surface area contributed by atoms with Crippen LogP contribution in [0.1, 0.15) is 36.5 Å². The van der Waals surface area contributed by atoms with Crippen LogP contribution in [0, 0.1) is 13.8 Å². The zero-order chi connectivity index (χ0) is 17.4. The third-order valence-electron chi connectivity index (χ3n) is 5.13. The topological polar surface area (TPSA) is 0 Å². The molecule has 0 unspecified atom stereocenters. The summed E-state index contributed by atoms with van der Waals surface area (Å²) in [5.41, 5.74) is 4.01. The van der Waals surface area contributed by atoms with E-state index in [0.717, 1.165) is 6.42 Å².